The first-order chi connectivity index (χ1) is 12.3. The molecule has 0 atom stereocenters. The van der Waals surface area contributed by atoms with E-state index < -0.39 is 5.91 Å². The summed E-state index contributed by atoms with van der Waals surface area (Å²) in [5, 5.41) is 18.3. The molecule has 1 amide bonds. The van der Waals surface area contributed by atoms with Crippen LogP contribution in [0.2, 0.25) is 0 Å². The number of nitrogens with zero attached hydrogens (tertiary/aromatic N) is 2. The number of rotatable bonds is 4. The molecule has 134 valence electrons. The van der Waals surface area contributed by atoms with Gasteiger partial charge >= 0.3 is 5.91 Å². The predicted molar refractivity (Wildman–Crippen MR) is 103 cm³/mol. The molecule has 26 heavy (non-hydrogen) atoms. The van der Waals surface area contributed by atoms with Gasteiger partial charge in [-0.15, -0.1) is 10.2 Å². The van der Waals surface area contributed by atoms with Crippen LogP contribution in [-0.4, -0.2) is 22.6 Å². The topological polar surface area (TPSA) is 87.0 Å². The number of carbonyl (C=O) groups excluding carboxylic acids is 1. The average molecular weight is 416 g/mol. The minimum Gasteiger partial charge on any atom is -0.493 e. The Morgan fingerprint density at radius 1 is 1.15 bits per heavy atom. The van der Waals surface area contributed by atoms with E-state index in [1.54, 1.807) is 0 Å². The van der Waals surface area contributed by atoms with Gasteiger partial charge < -0.3 is 14.8 Å². The molecule has 0 spiro atoms. The molecule has 0 aliphatic rings. The van der Waals surface area contributed by atoms with Crippen molar-refractivity contribution < 1.29 is 14.6 Å². The third-order valence-corrected chi connectivity index (χ3v) is 4.70. The first-order valence-electron chi connectivity index (χ1n) is 8.00. The number of fused-ring (bicyclic) bond motifs is 1. The van der Waals surface area contributed by atoms with Crippen molar-refractivity contribution in [2.24, 2.45) is 10.2 Å². The summed E-state index contributed by atoms with van der Waals surface area (Å²) in [6, 6.07) is 9.43. The number of hydrogen-bond donors (Lipinski definition) is 2. The molecule has 6 nitrogen and oxygen atoms in total. The molecule has 0 radical (unpaired) electrons. The van der Waals surface area contributed by atoms with Crippen LogP contribution in [0.25, 0.3) is 10.9 Å². The maximum Gasteiger partial charge on any atom is 0.302 e. The summed E-state index contributed by atoms with van der Waals surface area (Å²) in [4.78, 5) is 14.8. The number of benzene rings is 2. The fraction of sp³-hybridized carbons (Fsp3) is 0.211. The highest BCUT2D eigenvalue weighted by molar-refractivity contribution is 9.10. The van der Waals surface area contributed by atoms with E-state index in [-0.39, 0.29) is 18.2 Å². The molecule has 0 saturated heterocycles. The number of aryl methyl sites for hydroxylation is 3. The Hall–Kier alpha value is -2.67. The van der Waals surface area contributed by atoms with Crippen LogP contribution < -0.4 is 4.74 Å². The van der Waals surface area contributed by atoms with Gasteiger partial charge in [-0.2, -0.15) is 0 Å². The van der Waals surface area contributed by atoms with E-state index in [0.717, 1.165) is 21.2 Å². The number of ether oxygens (including phenoxy) is 1. The van der Waals surface area contributed by atoms with Crippen molar-refractivity contribution in [1.82, 2.24) is 4.98 Å². The molecule has 2 aromatic carbocycles. The zero-order chi connectivity index (χ0) is 18.8. The molecular weight excluding hydrogens is 398 g/mol. The van der Waals surface area contributed by atoms with Crippen molar-refractivity contribution in [3.8, 4) is 11.6 Å². The number of halogens is 1. The summed E-state index contributed by atoms with van der Waals surface area (Å²) in [7, 11) is 0. The van der Waals surface area contributed by atoms with Crippen molar-refractivity contribution in [2.75, 3.05) is 6.61 Å². The largest absolute Gasteiger partial charge is 0.493 e. The summed E-state index contributed by atoms with van der Waals surface area (Å²) < 4.78 is 6.38. The molecule has 0 bridgehead atoms. The van der Waals surface area contributed by atoms with E-state index in [4.69, 9.17) is 4.74 Å². The summed E-state index contributed by atoms with van der Waals surface area (Å²) in [5.74, 6) is -0.0579. The number of amides is 1. The molecule has 0 aliphatic carbocycles. The van der Waals surface area contributed by atoms with Crippen LogP contribution in [0.5, 0.6) is 11.6 Å². The van der Waals surface area contributed by atoms with Crippen LogP contribution in [0.1, 0.15) is 16.7 Å². The van der Waals surface area contributed by atoms with Crippen LogP contribution in [0.15, 0.2) is 45.0 Å². The van der Waals surface area contributed by atoms with Gasteiger partial charge in [0.15, 0.2) is 12.3 Å². The number of nitrogens with one attached hydrogen (secondary N) is 1. The quantitative estimate of drug-likeness (QED) is 0.570. The minimum absolute atomic E-state index is 0.135. The predicted octanol–water partition coefficient (Wildman–Crippen LogP) is 5.25. The molecule has 0 saturated carbocycles. The van der Waals surface area contributed by atoms with Crippen molar-refractivity contribution >= 4 is 38.4 Å². The van der Waals surface area contributed by atoms with E-state index in [0.29, 0.717) is 16.7 Å². The monoisotopic (exact) mass is 415 g/mol. The summed E-state index contributed by atoms with van der Waals surface area (Å²) in [5.41, 5.74) is 4.03. The zero-order valence-electron chi connectivity index (χ0n) is 14.6. The van der Waals surface area contributed by atoms with Crippen molar-refractivity contribution in [2.45, 2.75) is 20.8 Å². The lowest BCUT2D eigenvalue weighted by Gasteiger charge is -2.05. The number of aromatic amines is 1. The zero-order valence-corrected chi connectivity index (χ0v) is 16.2. The SMILES string of the molecule is Cc1cc(C)cc(OCC(=O)N=Nc2c(O)[nH]c3cc(Br)c(C)cc23)c1. The number of azo groups is 1. The lowest BCUT2D eigenvalue weighted by atomic mass is 10.1. The molecule has 0 fully saturated rings. The minimum atomic E-state index is -0.535. The number of carbonyl (C=O) groups is 1. The number of aromatic nitrogens is 1. The van der Waals surface area contributed by atoms with E-state index in [2.05, 4.69) is 31.1 Å². The Morgan fingerprint density at radius 2 is 1.85 bits per heavy atom. The summed E-state index contributed by atoms with van der Waals surface area (Å²) >= 11 is 3.44. The first kappa shape index (κ1) is 18.1. The second-order valence-electron chi connectivity index (χ2n) is 6.18. The Balaban J connectivity index is 1.75. The lowest BCUT2D eigenvalue weighted by molar-refractivity contribution is -0.120. The Morgan fingerprint density at radius 3 is 2.54 bits per heavy atom. The Labute approximate surface area is 159 Å². The maximum atomic E-state index is 12.0. The molecule has 0 unspecified atom stereocenters. The fourth-order valence-corrected chi connectivity index (χ4v) is 3.04. The van der Waals surface area contributed by atoms with Gasteiger partial charge in [-0.3, -0.25) is 4.79 Å². The Kier molecular flexibility index (Phi) is 5.08. The van der Waals surface area contributed by atoms with Gasteiger partial charge in [0, 0.05) is 9.86 Å². The van der Waals surface area contributed by atoms with Crippen molar-refractivity contribution in [1.29, 1.82) is 0 Å². The molecule has 3 rings (SSSR count). The highest BCUT2D eigenvalue weighted by atomic mass is 79.9. The number of H-pyrrole nitrogens is 1. The van der Waals surface area contributed by atoms with Gasteiger partial charge in [0.2, 0.25) is 5.88 Å². The summed E-state index contributed by atoms with van der Waals surface area (Å²) in [6.45, 7) is 5.63. The molecule has 2 N–H and O–H groups in total. The standard InChI is InChI=1S/C19H18BrN3O3/c1-10-4-11(2)6-13(5-10)26-9-17(24)22-23-18-14-7-12(3)15(20)8-16(14)21-19(18)25/h4-8,21,25H,9H2,1-3H3. The van der Waals surface area contributed by atoms with Crippen LogP contribution in [-0.2, 0) is 4.79 Å². The maximum absolute atomic E-state index is 12.0. The second-order valence-corrected chi connectivity index (χ2v) is 7.03. The van der Waals surface area contributed by atoms with Crippen LogP contribution >= 0.6 is 15.9 Å². The highest BCUT2D eigenvalue weighted by Crippen LogP contribution is 2.37. The molecule has 1 heterocycles. The van der Waals surface area contributed by atoms with Gasteiger partial charge in [-0.25, -0.2) is 0 Å². The van der Waals surface area contributed by atoms with E-state index in [1.165, 1.54) is 0 Å². The van der Waals surface area contributed by atoms with Gasteiger partial charge in [0.05, 0.1) is 5.52 Å². The first-order valence-corrected chi connectivity index (χ1v) is 8.79. The van der Waals surface area contributed by atoms with E-state index >= 15 is 0 Å². The van der Waals surface area contributed by atoms with Crippen LogP contribution in [0.3, 0.4) is 0 Å². The van der Waals surface area contributed by atoms with Gasteiger partial charge in [-0.05, 0) is 61.7 Å². The van der Waals surface area contributed by atoms with Crippen molar-refractivity contribution in [3.63, 3.8) is 0 Å². The third-order valence-electron chi connectivity index (χ3n) is 3.85. The number of hydrogen-bond acceptors (Lipinski definition) is 4. The highest BCUT2D eigenvalue weighted by Gasteiger charge is 2.13. The van der Waals surface area contributed by atoms with Gasteiger partial charge in [0.1, 0.15) is 5.75 Å². The van der Waals surface area contributed by atoms with Gasteiger partial charge in [0.25, 0.3) is 0 Å². The smallest absolute Gasteiger partial charge is 0.302 e. The van der Waals surface area contributed by atoms with Crippen molar-refractivity contribution in [3.05, 3.63) is 51.5 Å². The van der Waals surface area contributed by atoms with Crippen LogP contribution in [0, 0.1) is 20.8 Å². The van der Waals surface area contributed by atoms with Gasteiger partial charge in [-0.1, -0.05) is 22.0 Å². The number of aromatic hydroxyl groups is 1. The van der Waals surface area contributed by atoms with Crippen LogP contribution in [0.4, 0.5) is 5.69 Å². The molecule has 0 aliphatic heterocycles. The average Bonchev–Trinajstić information content (AvgIpc) is 2.85. The lowest BCUT2D eigenvalue weighted by Crippen LogP contribution is -2.08. The fourth-order valence-electron chi connectivity index (χ4n) is 2.69. The molecule has 7 heteroatoms. The molecule has 1 aromatic heterocycles. The molecular formula is C19H18BrN3O3. The molecule has 3 aromatic rings. The normalized spacial score (nSPS) is 11.4. The Bertz CT molecular complexity index is 1000. The van der Waals surface area contributed by atoms with E-state index in [9.17, 15) is 9.90 Å². The summed E-state index contributed by atoms with van der Waals surface area (Å²) in [6.07, 6.45) is 0. The van der Waals surface area contributed by atoms with E-state index in [1.807, 2.05) is 51.1 Å². The second kappa shape index (κ2) is 7.29. The third kappa shape index (κ3) is 3.94.